The van der Waals surface area contributed by atoms with Crippen LogP contribution in [0, 0.1) is 0 Å². The summed E-state index contributed by atoms with van der Waals surface area (Å²) in [6, 6.07) is 15.2. The second-order valence-corrected chi connectivity index (χ2v) is 9.59. The summed E-state index contributed by atoms with van der Waals surface area (Å²) in [5.41, 5.74) is 5.10. The van der Waals surface area contributed by atoms with E-state index < -0.39 is 8.80 Å². The molecule has 0 amide bonds. The van der Waals surface area contributed by atoms with Crippen molar-refractivity contribution in [3.63, 3.8) is 0 Å². The molecule has 0 N–H and O–H groups in total. The first-order valence-electron chi connectivity index (χ1n) is 9.35. The molecule has 0 aliphatic heterocycles. The topological polar surface area (TPSA) is 54.0 Å². The van der Waals surface area contributed by atoms with Gasteiger partial charge in [0.2, 0.25) is 0 Å². The largest absolute Gasteiger partial charge is 0.500 e. The Labute approximate surface area is 167 Å². The number of ether oxygens (including phenoxy) is 1. The summed E-state index contributed by atoms with van der Waals surface area (Å²) in [6.45, 7) is 3.89. The molecular formula is C22H26O5Si. The number of hydrogen-bond acceptors (Lipinski definition) is 5. The van der Waals surface area contributed by atoms with Crippen LogP contribution in [0.2, 0.25) is 6.04 Å². The van der Waals surface area contributed by atoms with Crippen molar-refractivity contribution in [1.29, 1.82) is 0 Å². The third-order valence-corrected chi connectivity index (χ3v) is 7.77. The van der Waals surface area contributed by atoms with Gasteiger partial charge in [0.1, 0.15) is 12.4 Å². The molecule has 0 saturated carbocycles. The average Bonchev–Trinajstić information content (AvgIpc) is 3.13. The van der Waals surface area contributed by atoms with E-state index in [9.17, 15) is 4.79 Å². The van der Waals surface area contributed by atoms with Crippen LogP contribution >= 0.6 is 0 Å². The van der Waals surface area contributed by atoms with Gasteiger partial charge in [-0.25, -0.2) is 0 Å². The quantitative estimate of drug-likeness (QED) is 0.277. The lowest BCUT2D eigenvalue weighted by Crippen LogP contribution is -2.45. The van der Waals surface area contributed by atoms with E-state index in [1.807, 2.05) is 12.1 Å². The predicted octanol–water partition coefficient (Wildman–Crippen LogP) is 4.03. The molecule has 2 aromatic carbocycles. The van der Waals surface area contributed by atoms with E-state index in [1.54, 1.807) is 14.2 Å². The van der Waals surface area contributed by atoms with Gasteiger partial charge in [-0.15, -0.1) is 0 Å². The van der Waals surface area contributed by atoms with Crippen LogP contribution in [0.25, 0.3) is 11.1 Å². The summed E-state index contributed by atoms with van der Waals surface area (Å²) < 4.78 is 22.8. The molecule has 3 rings (SSSR count). The molecule has 0 radical (unpaired) electrons. The van der Waals surface area contributed by atoms with E-state index >= 15 is 0 Å². The molecule has 0 unspecified atom stereocenters. The van der Waals surface area contributed by atoms with Gasteiger partial charge in [0.15, 0.2) is 5.78 Å². The summed E-state index contributed by atoms with van der Waals surface area (Å²) >= 11 is 0. The molecule has 2 aromatic rings. The molecule has 1 aliphatic rings. The van der Waals surface area contributed by atoms with Crippen LogP contribution in [0.1, 0.15) is 17.5 Å². The molecule has 0 atom stereocenters. The minimum atomic E-state index is -2.88. The van der Waals surface area contributed by atoms with Crippen molar-refractivity contribution in [2.75, 3.05) is 27.4 Å². The predicted molar refractivity (Wildman–Crippen MR) is 111 cm³/mol. The van der Waals surface area contributed by atoms with Gasteiger partial charge in [-0.3, -0.25) is 4.79 Å². The lowest BCUT2D eigenvalue weighted by atomic mass is 10.1. The molecule has 148 valence electrons. The number of benzene rings is 2. The van der Waals surface area contributed by atoms with Crippen molar-refractivity contribution in [2.45, 2.75) is 18.9 Å². The van der Waals surface area contributed by atoms with Gasteiger partial charge in [0, 0.05) is 32.2 Å². The zero-order chi connectivity index (χ0) is 20.0. The molecule has 0 aromatic heterocycles. The van der Waals surface area contributed by atoms with Crippen LogP contribution in [0.5, 0.6) is 5.75 Å². The SMILES string of the molecule is C=CC(=O)CO[Si](CCCOc1cccc2c1Cc1ccccc1-2)(OC)OC. The van der Waals surface area contributed by atoms with Crippen LogP contribution in [-0.2, 0) is 24.5 Å². The van der Waals surface area contributed by atoms with E-state index in [1.165, 1.54) is 28.3 Å². The Bertz CT molecular complexity index is 845. The van der Waals surface area contributed by atoms with Crippen LogP contribution in [0.3, 0.4) is 0 Å². The minimum Gasteiger partial charge on any atom is -0.493 e. The maximum absolute atomic E-state index is 11.5. The van der Waals surface area contributed by atoms with Crippen molar-refractivity contribution in [3.05, 3.63) is 66.2 Å². The lowest BCUT2D eigenvalue weighted by molar-refractivity contribution is -0.117. The number of hydrogen-bond donors (Lipinski definition) is 0. The summed E-state index contributed by atoms with van der Waals surface area (Å²) in [4.78, 5) is 11.5. The van der Waals surface area contributed by atoms with E-state index in [4.69, 9.17) is 18.0 Å². The molecule has 6 heteroatoms. The van der Waals surface area contributed by atoms with Crippen molar-refractivity contribution in [1.82, 2.24) is 0 Å². The monoisotopic (exact) mass is 398 g/mol. The van der Waals surface area contributed by atoms with Gasteiger partial charge < -0.3 is 18.0 Å². The second kappa shape index (κ2) is 9.30. The van der Waals surface area contributed by atoms with Crippen molar-refractivity contribution in [3.8, 4) is 16.9 Å². The third kappa shape index (κ3) is 4.42. The van der Waals surface area contributed by atoms with Crippen LogP contribution in [-0.4, -0.2) is 42.0 Å². The lowest BCUT2D eigenvalue weighted by Gasteiger charge is -2.26. The smallest absolute Gasteiger partial charge is 0.493 e. The van der Waals surface area contributed by atoms with Crippen LogP contribution in [0.4, 0.5) is 0 Å². The van der Waals surface area contributed by atoms with E-state index in [0.717, 1.165) is 12.2 Å². The Hall–Kier alpha value is -2.25. The number of fused-ring (bicyclic) bond motifs is 3. The molecule has 5 nitrogen and oxygen atoms in total. The van der Waals surface area contributed by atoms with Gasteiger partial charge in [0.05, 0.1) is 6.61 Å². The van der Waals surface area contributed by atoms with Crippen molar-refractivity contribution in [2.24, 2.45) is 0 Å². The standard InChI is InChI=1S/C22H26O5Si/c1-4-18(23)16-27-28(24-2,25-3)14-8-13-26-22-12-7-11-20-19-10-6-5-9-17(19)15-21(20)22/h4-7,9-12H,1,8,13-16H2,2-3H3. The van der Waals surface area contributed by atoms with Gasteiger partial charge in [-0.2, -0.15) is 0 Å². The fraction of sp³-hybridized carbons (Fsp3) is 0.318. The fourth-order valence-electron chi connectivity index (χ4n) is 3.45. The van der Waals surface area contributed by atoms with Gasteiger partial charge in [-0.1, -0.05) is 43.0 Å². The highest BCUT2D eigenvalue weighted by atomic mass is 28.4. The summed E-state index contributed by atoms with van der Waals surface area (Å²) in [6.07, 6.45) is 2.83. The molecule has 1 aliphatic carbocycles. The molecule has 0 saturated heterocycles. The Balaban J connectivity index is 1.58. The summed E-state index contributed by atoms with van der Waals surface area (Å²) in [5, 5.41) is 0. The van der Waals surface area contributed by atoms with Crippen molar-refractivity contribution >= 4 is 14.6 Å². The second-order valence-electron chi connectivity index (χ2n) is 6.62. The number of carbonyl (C=O) groups excluding carboxylic acids is 1. The Morgan fingerprint density at radius 1 is 1.11 bits per heavy atom. The zero-order valence-electron chi connectivity index (χ0n) is 16.4. The van der Waals surface area contributed by atoms with Crippen molar-refractivity contribution < 1.29 is 22.8 Å². The third-order valence-electron chi connectivity index (χ3n) is 4.98. The highest BCUT2D eigenvalue weighted by Gasteiger charge is 2.39. The minimum absolute atomic E-state index is 0.0806. The van der Waals surface area contributed by atoms with Gasteiger partial charge >= 0.3 is 8.80 Å². The van der Waals surface area contributed by atoms with Crippen LogP contribution in [0.15, 0.2) is 55.1 Å². The number of carbonyl (C=O) groups is 1. The fourth-order valence-corrected chi connectivity index (χ4v) is 5.35. The molecule has 28 heavy (non-hydrogen) atoms. The van der Waals surface area contributed by atoms with Crippen LogP contribution < -0.4 is 4.74 Å². The Morgan fingerprint density at radius 3 is 2.61 bits per heavy atom. The van der Waals surface area contributed by atoms with E-state index in [0.29, 0.717) is 19.1 Å². The van der Waals surface area contributed by atoms with Gasteiger partial charge in [0.25, 0.3) is 0 Å². The normalized spacial score (nSPS) is 12.4. The van der Waals surface area contributed by atoms with E-state index in [2.05, 4.69) is 36.9 Å². The number of ketones is 1. The highest BCUT2D eigenvalue weighted by Crippen LogP contribution is 2.41. The first-order valence-corrected chi connectivity index (χ1v) is 11.3. The first-order chi connectivity index (χ1) is 13.6. The summed E-state index contributed by atoms with van der Waals surface area (Å²) in [7, 11) is 0.222. The molecule has 0 bridgehead atoms. The Morgan fingerprint density at radius 2 is 1.86 bits per heavy atom. The number of rotatable bonds is 11. The zero-order valence-corrected chi connectivity index (χ0v) is 17.4. The molecule has 0 spiro atoms. The van der Waals surface area contributed by atoms with Gasteiger partial charge in [-0.05, 0) is 35.3 Å². The molecule has 0 heterocycles. The summed E-state index contributed by atoms with van der Waals surface area (Å²) in [5.74, 6) is 0.722. The Kier molecular flexibility index (Phi) is 6.80. The maximum atomic E-state index is 11.5. The molecule has 0 fully saturated rings. The van der Waals surface area contributed by atoms with E-state index in [-0.39, 0.29) is 12.4 Å². The maximum Gasteiger partial charge on any atom is 0.500 e. The first kappa shape index (κ1) is 20.5. The molecular weight excluding hydrogens is 372 g/mol. The highest BCUT2D eigenvalue weighted by molar-refractivity contribution is 6.60. The average molecular weight is 399 g/mol.